The highest BCUT2D eigenvalue weighted by molar-refractivity contribution is 6.47. The Morgan fingerprint density at radius 2 is 1.69 bits per heavy atom. The van der Waals surface area contributed by atoms with E-state index in [4.69, 9.17) is 25.6 Å². The molecule has 2 fully saturated rings. The van der Waals surface area contributed by atoms with Crippen LogP contribution in [0.3, 0.4) is 0 Å². The molecule has 0 amide bonds. The van der Waals surface area contributed by atoms with Gasteiger partial charge in [-0.25, -0.2) is 0 Å². The summed E-state index contributed by atoms with van der Waals surface area (Å²) in [5.74, 6) is -0.00250. The topological polar surface area (TPSA) is 39.7 Å². The van der Waals surface area contributed by atoms with Crippen LogP contribution in [0.2, 0.25) is 0 Å². The minimum absolute atomic E-state index is 0.00250. The van der Waals surface area contributed by atoms with Gasteiger partial charge < -0.3 is 14.0 Å². The standard InChI is InChI=1S/C10H19BClNO3/c1-9(2)10(3,4)16-11(15-9)7-5-14-6-8(12)13-7/h7-8,13H,5-6H2,1-4H3. The molecule has 0 radical (unpaired) electrons. The summed E-state index contributed by atoms with van der Waals surface area (Å²) < 4.78 is 17.2. The number of rotatable bonds is 1. The van der Waals surface area contributed by atoms with Gasteiger partial charge in [0.2, 0.25) is 0 Å². The fourth-order valence-electron chi connectivity index (χ4n) is 1.84. The minimum Gasteiger partial charge on any atom is -0.402 e. The lowest BCUT2D eigenvalue weighted by Gasteiger charge is -2.32. The van der Waals surface area contributed by atoms with Crippen molar-refractivity contribution in [3.8, 4) is 0 Å². The second-order valence-electron chi connectivity index (χ2n) is 5.40. The first kappa shape index (κ1) is 12.6. The first-order chi connectivity index (χ1) is 7.32. The van der Waals surface area contributed by atoms with Gasteiger partial charge in [0.1, 0.15) is 5.50 Å². The molecular weight excluding hydrogens is 228 g/mol. The molecule has 0 bridgehead atoms. The normalized spacial score (nSPS) is 37.7. The largest absolute Gasteiger partial charge is 0.478 e. The SMILES string of the molecule is CC1(C)OB(C2COCC(Cl)N2)OC1(C)C. The van der Waals surface area contributed by atoms with Crippen molar-refractivity contribution < 1.29 is 14.0 Å². The van der Waals surface area contributed by atoms with E-state index < -0.39 is 0 Å². The van der Waals surface area contributed by atoms with Crippen molar-refractivity contribution in [2.45, 2.75) is 50.3 Å². The Kier molecular flexibility index (Phi) is 3.27. The predicted molar refractivity (Wildman–Crippen MR) is 63.5 cm³/mol. The molecule has 0 aromatic carbocycles. The molecule has 16 heavy (non-hydrogen) atoms. The van der Waals surface area contributed by atoms with Crippen molar-refractivity contribution in [2.75, 3.05) is 13.2 Å². The molecule has 92 valence electrons. The van der Waals surface area contributed by atoms with E-state index in [-0.39, 0.29) is 29.8 Å². The van der Waals surface area contributed by atoms with E-state index in [0.717, 1.165) is 0 Å². The van der Waals surface area contributed by atoms with E-state index >= 15 is 0 Å². The summed E-state index contributed by atoms with van der Waals surface area (Å²) in [6, 6.07) is 0. The Morgan fingerprint density at radius 1 is 1.12 bits per heavy atom. The second kappa shape index (κ2) is 4.14. The van der Waals surface area contributed by atoms with Gasteiger partial charge >= 0.3 is 7.12 Å². The number of hydrogen-bond donors (Lipinski definition) is 1. The zero-order valence-corrected chi connectivity index (χ0v) is 11.0. The summed E-state index contributed by atoms with van der Waals surface area (Å²) in [4.78, 5) is 0. The number of morpholine rings is 1. The zero-order chi connectivity index (χ0) is 12.0. The molecule has 2 rings (SSSR count). The molecular formula is C10H19BClNO3. The van der Waals surface area contributed by atoms with Crippen LogP contribution in [0.1, 0.15) is 27.7 Å². The third-order valence-corrected chi connectivity index (χ3v) is 3.81. The molecule has 2 atom stereocenters. The monoisotopic (exact) mass is 247 g/mol. The molecule has 0 aliphatic carbocycles. The molecule has 0 spiro atoms. The first-order valence-electron chi connectivity index (χ1n) is 5.65. The minimum atomic E-state index is -0.307. The maximum atomic E-state index is 5.98. The summed E-state index contributed by atoms with van der Waals surface area (Å²) in [5, 5.41) is 3.22. The zero-order valence-electron chi connectivity index (χ0n) is 10.2. The summed E-state index contributed by atoms with van der Waals surface area (Å²) in [6.07, 6.45) is 0. The Hall–Kier alpha value is 0.195. The molecule has 2 aliphatic heterocycles. The summed E-state index contributed by atoms with van der Waals surface area (Å²) in [7, 11) is -0.299. The van der Waals surface area contributed by atoms with Gasteiger partial charge in [0.05, 0.1) is 30.4 Å². The van der Waals surface area contributed by atoms with Gasteiger partial charge in [0.15, 0.2) is 0 Å². The molecule has 2 aliphatic rings. The summed E-state index contributed by atoms with van der Waals surface area (Å²) >= 11 is 5.98. The van der Waals surface area contributed by atoms with Gasteiger partial charge in [-0.1, -0.05) is 0 Å². The van der Waals surface area contributed by atoms with E-state index in [1.807, 2.05) is 27.7 Å². The van der Waals surface area contributed by atoms with Crippen molar-refractivity contribution in [1.29, 1.82) is 0 Å². The lowest BCUT2D eigenvalue weighted by atomic mass is 9.78. The van der Waals surface area contributed by atoms with Crippen LogP contribution in [0.5, 0.6) is 0 Å². The van der Waals surface area contributed by atoms with Crippen LogP contribution >= 0.6 is 11.6 Å². The molecule has 1 N–H and O–H groups in total. The van der Waals surface area contributed by atoms with E-state index in [0.29, 0.717) is 13.2 Å². The van der Waals surface area contributed by atoms with Crippen molar-refractivity contribution in [3.63, 3.8) is 0 Å². The van der Waals surface area contributed by atoms with Crippen LogP contribution in [0.25, 0.3) is 0 Å². The summed E-state index contributed by atoms with van der Waals surface area (Å²) in [6.45, 7) is 9.24. The Morgan fingerprint density at radius 3 is 2.19 bits per heavy atom. The maximum absolute atomic E-state index is 5.98. The van der Waals surface area contributed by atoms with Crippen LogP contribution < -0.4 is 5.32 Å². The average molecular weight is 248 g/mol. The van der Waals surface area contributed by atoms with E-state index in [2.05, 4.69) is 5.32 Å². The highest BCUT2D eigenvalue weighted by atomic mass is 35.5. The lowest BCUT2D eigenvalue weighted by molar-refractivity contribution is 0.00578. The van der Waals surface area contributed by atoms with E-state index in [1.165, 1.54) is 0 Å². The average Bonchev–Trinajstić information content (AvgIpc) is 2.36. The third kappa shape index (κ3) is 2.24. The van der Waals surface area contributed by atoms with Crippen molar-refractivity contribution in [1.82, 2.24) is 5.32 Å². The van der Waals surface area contributed by atoms with Gasteiger partial charge in [0, 0.05) is 0 Å². The maximum Gasteiger partial charge on any atom is 0.478 e. The predicted octanol–water partition coefficient (Wildman–Crippen LogP) is 1.17. The second-order valence-corrected chi connectivity index (χ2v) is 5.93. The van der Waals surface area contributed by atoms with Crippen LogP contribution in [0.15, 0.2) is 0 Å². The quantitative estimate of drug-likeness (QED) is 0.429. The Bertz CT molecular complexity index is 259. The van der Waals surface area contributed by atoms with E-state index in [9.17, 15) is 0 Å². The highest BCUT2D eigenvalue weighted by Crippen LogP contribution is 2.37. The third-order valence-electron chi connectivity index (χ3n) is 3.56. The fourth-order valence-corrected chi connectivity index (χ4v) is 2.09. The van der Waals surface area contributed by atoms with Gasteiger partial charge in [0.25, 0.3) is 0 Å². The van der Waals surface area contributed by atoms with Crippen LogP contribution in [-0.2, 0) is 14.0 Å². The number of nitrogens with one attached hydrogen (secondary N) is 1. The number of halogens is 1. The fraction of sp³-hybridized carbons (Fsp3) is 1.00. The van der Waals surface area contributed by atoms with Gasteiger partial charge in [-0.2, -0.15) is 0 Å². The Labute approximate surface area is 102 Å². The van der Waals surface area contributed by atoms with Gasteiger partial charge in [-0.15, -0.1) is 11.6 Å². The number of alkyl halides is 1. The Balaban J connectivity index is 2.02. The highest BCUT2D eigenvalue weighted by Gasteiger charge is 2.54. The van der Waals surface area contributed by atoms with Gasteiger partial charge in [-0.05, 0) is 27.7 Å². The lowest BCUT2D eigenvalue weighted by Crippen LogP contribution is -2.55. The van der Waals surface area contributed by atoms with Crippen LogP contribution in [-0.4, -0.2) is 43.0 Å². The molecule has 2 saturated heterocycles. The number of ether oxygens (including phenoxy) is 1. The molecule has 4 nitrogen and oxygen atoms in total. The van der Waals surface area contributed by atoms with Crippen molar-refractivity contribution in [3.05, 3.63) is 0 Å². The van der Waals surface area contributed by atoms with Crippen molar-refractivity contribution >= 4 is 18.7 Å². The van der Waals surface area contributed by atoms with Crippen LogP contribution in [0.4, 0.5) is 0 Å². The van der Waals surface area contributed by atoms with Crippen LogP contribution in [0, 0.1) is 0 Å². The van der Waals surface area contributed by atoms with E-state index in [1.54, 1.807) is 0 Å². The number of hydrogen-bond acceptors (Lipinski definition) is 4. The molecule has 0 aromatic rings. The molecule has 0 aromatic heterocycles. The first-order valence-corrected chi connectivity index (χ1v) is 6.09. The van der Waals surface area contributed by atoms with Crippen molar-refractivity contribution in [2.24, 2.45) is 0 Å². The summed E-state index contributed by atoms with van der Waals surface area (Å²) in [5.41, 5.74) is -0.783. The molecule has 6 heteroatoms. The molecule has 2 heterocycles. The molecule has 2 unspecified atom stereocenters. The molecule has 0 saturated carbocycles. The smallest absolute Gasteiger partial charge is 0.402 e. The van der Waals surface area contributed by atoms with Gasteiger partial charge in [-0.3, -0.25) is 5.32 Å².